The van der Waals surface area contributed by atoms with Gasteiger partial charge in [-0.05, 0) is 42.2 Å². The van der Waals surface area contributed by atoms with Crippen LogP contribution in [0, 0.1) is 6.92 Å². The SMILES string of the molecule is Cc1cncc(C(N)Cc2ccncc2)c1. The molecule has 0 radical (unpaired) electrons. The van der Waals surface area contributed by atoms with Gasteiger partial charge in [-0.2, -0.15) is 0 Å². The lowest BCUT2D eigenvalue weighted by atomic mass is 10.0. The van der Waals surface area contributed by atoms with Crippen molar-refractivity contribution in [1.82, 2.24) is 9.97 Å². The van der Waals surface area contributed by atoms with E-state index in [0.717, 1.165) is 17.5 Å². The van der Waals surface area contributed by atoms with Gasteiger partial charge in [-0.3, -0.25) is 9.97 Å². The second-order valence-electron chi connectivity index (χ2n) is 3.96. The third-order valence-electron chi connectivity index (χ3n) is 2.53. The molecule has 0 bridgehead atoms. The topological polar surface area (TPSA) is 51.8 Å². The second kappa shape index (κ2) is 4.86. The zero-order valence-electron chi connectivity index (χ0n) is 9.30. The highest BCUT2D eigenvalue weighted by molar-refractivity contribution is 5.22. The molecule has 0 amide bonds. The standard InChI is InChI=1S/C13H15N3/c1-10-6-12(9-16-8-10)13(14)7-11-2-4-15-5-3-11/h2-6,8-9,13H,7,14H2,1H3. The van der Waals surface area contributed by atoms with E-state index >= 15 is 0 Å². The Hall–Kier alpha value is -1.74. The Kier molecular flexibility index (Phi) is 3.27. The number of aryl methyl sites for hydroxylation is 1. The van der Waals surface area contributed by atoms with Gasteiger partial charge in [0, 0.05) is 30.8 Å². The highest BCUT2D eigenvalue weighted by Gasteiger charge is 2.07. The van der Waals surface area contributed by atoms with Crippen molar-refractivity contribution >= 4 is 0 Å². The van der Waals surface area contributed by atoms with Gasteiger partial charge >= 0.3 is 0 Å². The Morgan fingerprint density at radius 2 is 1.94 bits per heavy atom. The summed E-state index contributed by atoms with van der Waals surface area (Å²) in [5.74, 6) is 0. The highest BCUT2D eigenvalue weighted by atomic mass is 14.7. The molecular weight excluding hydrogens is 198 g/mol. The van der Waals surface area contributed by atoms with Crippen LogP contribution in [0.5, 0.6) is 0 Å². The van der Waals surface area contributed by atoms with Crippen LogP contribution in [-0.2, 0) is 6.42 Å². The van der Waals surface area contributed by atoms with Crippen molar-refractivity contribution in [2.75, 3.05) is 0 Å². The molecule has 1 unspecified atom stereocenters. The van der Waals surface area contributed by atoms with Crippen LogP contribution in [0.25, 0.3) is 0 Å². The number of rotatable bonds is 3. The number of aromatic nitrogens is 2. The molecule has 82 valence electrons. The van der Waals surface area contributed by atoms with Gasteiger partial charge < -0.3 is 5.73 Å². The van der Waals surface area contributed by atoms with E-state index in [9.17, 15) is 0 Å². The first-order valence-corrected chi connectivity index (χ1v) is 5.32. The molecule has 2 heterocycles. The predicted octanol–water partition coefficient (Wildman–Crippen LogP) is 2.03. The van der Waals surface area contributed by atoms with Crippen LogP contribution in [-0.4, -0.2) is 9.97 Å². The summed E-state index contributed by atoms with van der Waals surface area (Å²) < 4.78 is 0. The molecule has 0 saturated carbocycles. The van der Waals surface area contributed by atoms with E-state index in [1.807, 2.05) is 31.5 Å². The zero-order valence-corrected chi connectivity index (χ0v) is 9.30. The van der Waals surface area contributed by atoms with Gasteiger partial charge in [0.1, 0.15) is 0 Å². The van der Waals surface area contributed by atoms with Crippen molar-refractivity contribution in [3.05, 3.63) is 59.7 Å². The summed E-state index contributed by atoms with van der Waals surface area (Å²) in [4.78, 5) is 8.14. The Balaban J connectivity index is 2.12. The first-order chi connectivity index (χ1) is 7.75. The monoisotopic (exact) mass is 213 g/mol. The summed E-state index contributed by atoms with van der Waals surface area (Å²) in [6.07, 6.45) is 8.06. The van der Waals surface area contributed by atoms with Crippen molar-refractivity contribution in [2.24, 2.45) is 5.73 Å². The number of nitrogens with zero attached hydrogens (tertiary/aromatic N) is 2. The van der Waals surface area contributed by atoms with Gasteiger partial charge in [0.25, 0.3) is 0 Å². The summed E-state index contributed by atoms with van der Waals surface area (Å²) in [5, 5.41) is 0. The van der Waals surface area contributed by atoms with Gasteiger partial charge in [-0.1, -0.05) is 6.07 Å². The molecule has 2 N–H and O–H groups in total. The first-order valence-electron chi connectivity index (χ1n) is 5.32. The fraction of sp³-hybridized carbons (Fsp3) is 0.231. The molecule has 0 spiro atoms. The van der Waals surface area contributed by atoms with Crippen molar-refractivity contribution < 1.29 is 0 Å². The molecule has 0 fully saturated rings. The third-order valence-corrected chi connectivity index (χ3v) is 2.53. The number of hydrogen-bond acceptors (Lipinski definition) is 3. The van der Waals surface area contributed by atoms with Crippen LogP contribution < -0.4 is 5.73 Å². The lowest BCUT2D eigenvalue weighted by Gasteiger charge is -2.11. The van der Waals surface area contributed by atoms with E-state index < -0.39 is 0 Å². The van der Waals surface area contributed by atoms with Crippen LogP contribution in [0.3, 0.4) is 0 Å². The molecule has 16 heavy (non-hydrogen) atoms. The Morgan fingerprint density at radius 1 is 1.19 bits per heavy atom. The quantitative estimate of drug-likeness (QED) is 0.848. The molecule has 0 aliphatic heterocycles. The maximum Gasteiger partial charge on any atom is 0.0351 e. The summed E-state index contributed by atoms with van der Waals surface area (Å²) >= 11 is 0. The molecular formula is C13H15N3. The second-order valence-corrected chi connectivity index (χ2v) is 3.96. The third kappa shape index (κ3) is 2.64. The molecule has 2 aromatic rings. The minimum absolute atomic E-state index is 0.00481. The van der Waals surface area contributed by atoms with Crippen molar-refractivity contribution in [1.29, 1.82) is 0 Å². The molecule has 3 nitrogen and oxygen atoms in total. The minimum Gasteiger partial charge on any atom is -0.324 e. The van der Waals surface area contributed by atoms with Crippen LogP contribution in [0.15, 0.2) is 43.0 Å². The van der Waals surface area contributed by atoms with E-state index in [4.69, 9.17) is 5.73 Å². The fourth-order valence-electron chi connectivity index (χ4n) is 1.67. The van der Waals surface area contributed by atoms with Gasteiger partial charge in [0.2, 0.25) is 0 Å². The van der Waals surface area contributed by atoms with Crippen LogP contribution >= 0.6 is 0 Å². The summed E-state index contributed by atoms with van der Waals surface area (Å²) in [6, 6.07) is 6.06. The van der Waals surface area contributed by atoms with Crippen molar-refractivity contribution in [2.45, 2.75) is 19.4 Å². The highest BCUT2D eigenvalue weighted by Crippen LogP contribution is 2.15. The number of hydrogen-bond donors (Lipinski definition) is 1. The lowest BCUT2D eigenvalue weighted by Crippen LogP contribution is -2.13. The lowest BCUT2D eigenvalue weighted by molar-refractivity contribution is 0.716. The molecule has 0 aromatic carbocycles. The van der Waals surface area contributed by atoms with Crippen molar-refractivity contribution in [3.8, 4) is 0 Å². The van der Waals surface area contributed by atoms with Crippen molar-refractivity contribution in [3.63, 3.8) is 0 Å². The van der Waals surface area contributed by atoms with E-state index in [2.05, 4.69) is 16.0 Å². The van der Waals surface area contributed by atoms with E-state index in [1.165, 1.54) is 5.56 Å². The summed E-state index contributed by atoms with van der Waals surface area (Å²) in [6.45, 7) is 2.02. The van der Waals surface area contributed by atoms with E-state index in [1.54, 1.807) is 12.4 Å². The maximum atomic E-state index is 6.14. The van der Waals surface area contributed by atoms with Gasteiger partial charge in [-0.15, -0.1) is 0 Å². The molecule has 3 heteroatoms. The smallest absolute Gasteiger partial charge is 0.0351 e. The van der Waals surface area contributed by atoms with Crippen LogP contribution in [0.1, 0.15) is 22.7 Å². The molecule has 0 aliphatic carbocycles. The van der Waals surface area contributed by atoms with E-state index in [0.29, 0.717) is 0 Å². The van der Waals surface area contributed by atoms with Crippen LogP contribution in [0.2, 0.25) is 0 Å². The number of pyridine rings is 2. The number of nitrogens with two attached hydrogens (primary N) is 1. The van der Waals surface area contributed by atoms with Gasteiger partial charge in [0.05, 0.1) is 0 Å². The van der Waals surface area contributed by atoms with E-state index in [-0.39, 0.29) is 6.04 Å². The molecule has 2 rings (SSSR count). The van der Waals surface area contributed by atoms with Crippen LogP contribution in [0.4, 0.5) is 0 Å². The molecule has 0 aliphatic rings. The Bertz CT molecular complexity index is 454. The molecule has 1 atom stereocenters. The summed E-state index contributed by atoms with van der Waals surface area (Å²) in [7, 11) is 0. The molecule has 0 saturated heterocycles. The van der Waals surface area contributed by atoms with Gasteiger partial charge in [0.15, 0.2) is 0 Å². The largest absolute Gasteiger partial charge is 0.324 e. The average Bonchev–Trinajstić information content (AvgIpc) is 2.30. The Labute approximate surface area is 95.4 Å². The van der Waals surface area contributed by atoms with Gasteiger partial charge in [-0.25, -0.2) is 0 Å². The maximum absolute atomic E-state index is 6.14. The Morgan fingerprint density at radius 3 is 2.62 bits per heavy atom. The fourth-order valence-corrected chi connectivity index (χ4v) is 1.67. The first kappa shape index (κ1) is 10.8. The zero-order chi connectivity index (χ0) is 11.4. The molecule has 2 aromatic heterocycles. The summed E-state index contributed by atoms with van der Waals surface area (Å²) in [5.41, 5.74) is 9.56. The minimum atomic E-state index is -0.00481. The predicted molar refractivity (Wildman–Crippen MR) is 63.8 cm³/mol. The average molecular weight is 213 g/mol. The normalized spacial score (nSPS) is 12.4.